The van der Waals surface area contributed by atoms with Crippen LogP contribution in [0.25, 0.3) is 0 Å². The van der Waals surface area contributed by atoms with Crippen molar-refractivity contribution in [2.24, 2.45) is 0 Å². The third-order valence-electron chi connectivity index (χ3n) is 2.89. The van der Waals surface area contributed by atoms with Crippen LogP contribution < -0.4 is 5.32 Å². The molecule has 0 unspecified atom stereocenters. The van der Waals surface area contributed by atoms with E-state index in [1.54, 1.807) is 37.1 Å². The highest BCUT2D eigenvalue weighted by atomic mass is 19.4. The number of amides is 1. The lowest BCUT2D eigenvalue weighted by Crippen LogP contribution is -2.18. The van der Waals surface area contributed by atoms with Gasteiger partial charge in [0.25, 0.3) is 5.91 Å². The Morgan fingerprint density at radius 2 is 1.85 bits per heavy atom. The Kier molecular flexibility index (Phi) is 3.52. The zero-order valence-corrected chi connectivity index (χ0v) is 10.8. The van der Waals surface area contributed by atoms with Crippen LogP contribution in [0.15, 0.2) is 24.4 Å². The van der Waals surface area contributed by atoms with Gasteiger partial charge >= 0.3 is 6.18 Å². The first-order chi connectivity index (χ1) is 9.30. The standard InChI is InChI=1S/C13H12F3N3O/c1-7-4-3-5-8(2)10(7)18-12(20)9-6-17-19-11(9)13(14,15)16/h3-6H,1-2H3,(H,17,19)(H,18,20). The van der Waals surface area contributed by atoms with Gasteiger partial charge in [-0.25, -0.2) is 0 Å². The molecule has 106 valence electrons. The molecule has 2 aromatic rings. The second-order valence-electron chi connectivity index (χ2n) is 4.38. The molecule has 4 nitrogen and oxygen atoms in total. The third kappa shape index (κ3) is 2.66. The predicted octanol–water partition coefficient (Wildman–Crippen LogP) is 3.30. The van der Waals surface area contributed by atoms with Crippen molar-refractivity contribution in [2.75, 3.05) is 5.32 Å². The number of H-pyrrole nitrogens is 1. The third-order valence-corrected chi connectivity index (χ3v) is 2.89. The number of hydrogen-bond donors (Lipinski definition) is 2. The highest BCUT2D eigenvalue weighted by Gasteiger charge is 2.37. The van der Waals surface area contributed by atoms with Crippen molar-refractivity contribution in [2.45, 2.75) is 20.0 Å². The van der Waals surface area contributed by atoms with E-state index in [1.807, 2.05) is 0 Å². The van der Waals surface area contributed by atoms with Crippen molar-refractivity contribution >= 4 is 11.6 Å². The molecule has 0 spiro atoms. The second-order valence-corrected chi connectivity index (χ2v) is 4.38. The summed E-state index contributed by atoms with van der Waals surface area (Å²) < 4.78 is 38.1. The van der Waals surface area contributed by atoms with Crippen molar-refractivity contribution in [3.8, 4) is 0 Å². The number of nitrogens with zero attached hydrogens (tertiary/aromatic N) is 1. The maximum atomic E-state index is 12.7. The van der Waals surface area contributed by atoms with Crippen LogP contribution in [0.1, 0.15) is 27.2 Å². The Hall–Kier alpha value is -2.31. The highest BCUT2D eigenvalue weighted by Crippen LogP contribution is 2.30. The largest absolute Gasteiger partial charge is 0.433 e. The molecule has 0 radical (unpaired) electrons. The smallest absolute Gasteiger partial charge is 0.321 e. The van der Waals surface area contributed by atoms with Crippen LogP contribution in [0.4, 0.5) is 18.9 Å². The van der Waals surface area contributed by atoms with Gasteiger partial charge in [0.1, 0.15) is 0 Å². The molecule has 0 aliphatic carbocycles. The number of halogens is 3. The summed E-state index contributed by atoms with van der Waals surface area (Å²) in [6.07, 6.45) is -3.78. The Labute approximate surface area is 113 Å². The number of anilines is 1. The van der Waals surface area contributed by atoms with Crippen LogP contribution in [0.5, 0.6) is 0 Å². The van der Waals surface area contributed by atoms with Gasteiger partial charge in [-0.15, -0.1) is 0 Å². The molecular formula is C13H12F3N3O. The van der Waals surface area contributed by atoms with Crippen LogP contribution >= 0.6 is 0 Å². The lowest BCUT2D eigenvalue weighted by Gasteiger charge is -2.12. The Morgan fingerprint density at radius 1 is 1.25 bits per heavy atom. The second kappa shape index (κ2) is 4.99. The van der Waals surface area contributed by atoms with E-state index < -0.39 is 23.3 Å². The van der Waals surface area contributed by atoms with Crippen molar-refractivity contribution in [3.05, 3.63) is 46.8 Å². The normalized spacial score (nSPS) is 11.4. The van der Waals surface area contributed by atoms with Crippen LogP contribution in [0.2, 0.25) is 0 Å². The van der Waals surface area contributed by atoms with E-state index in [4.69, 9.17) is 0 Å². The fourth-order valence-electron chi connectivity index (χ4n) is 1.87. The van der Waals surface area contributed by atoms with Crippen molar-refractivity contribution in [3.63, 3.8) is 0 Å². The fraction of sp³-hybridized carbons (Fsp3) is 0.231. The SMILES string of the molecule is Cc1cccc(C)c1NC(=O)c1cn[nH]c1C(F)(F)F. The Balaban J connectivity index is 2.32. The highest BCUT2D eigenvalue weighted by molar-refractivity contribution is 6.05. The van der Waals surface area contributed by atoms with Gasteiger partial charge in [0.15, 0.2) is 5.69 Å². The predicted molar refractivity (Wildman–Crippen MR) is 67.5 cm³/mol. The van der Waals surface area contributed by atoms with Gasteiger partial charge < -0.3 is 5.32 Å². The molecule has 0 aliphatic heterocycles. The first-order valence-electron chi connectivity index (χ1n) is 5.79. The number of nitrogens with one attached hydrogen (secondary N) is 2. The molecule has 7 heteroatoms. The number of alkyl halides is 3. The number of benzene rings is 1. The van der Waals surface area contributed by atoms with E-state index in [0.717, 1.165) is 17.3 Å². The number of para-hydroxylation sites is 1. The monoisotopic (exact) mass is 283 g/mol. The maximum Gasteiger partial charge on any atom is 0.433 e. The van der Waals surface area contributed by atoms with Crippen LogP contribution in [-0.2, 0) is 6.18 Å². The average Bonchev–Trinajstić information content (AvgIpc) is 2.82. The van der Waals surface area contributed by atoms with E-state index in [-0.39, 0.29) is 0 Å². The molecule has 1 aromatic carbocycles. The molecule has 0 saturated heterocycles. The Morgan fingerprint density at radius 3 is 2.40 bits per heavy atom. The number of aromatic nitrogens is 2. The van der Waals surface area contributed by atoms with Gasteiger partial charge in [-0.1, -0.05) is 18.2 Å². The van der Waals surface area contributed by atoms with Gasteiger partial charge in [-0.3, -0.25) is 9.89 Å². The van der Waals surface area contributed by atoms with Crippen molar-refractivity contribution in [1.82, 2.24) is 10.2 Å². The summed E-state index contributed by atoms with van der Waals surface area (Å²) in [4.78, 5) is 12.0. The van der Waals surface area contributed by atoms with E-state index >= 15 is 0 Å². The molecule has 1 amide bonds. The number of aromatic amines is 1. The van der Waals surface area contributed by atoms with Crippen LogP contribution in [-0.4, -0.2) is 16.1 Å². The summed E-state index contributed by atoms with van der Waals surface area (Å²) >= 11 is 0. The van der Waals surface area contributed by atoms with E-state index in [9.17, 15) is 18.0 Å². The summed E-state index contributed by atoms with van der Waals surface area (Å²) in [6.45, 7) is 3.53. The fourth-order valence-corrected chi connectivity index (χ4v) is 1.87. The molecule has 20 heavy (non-hydrogen) atoms. The lowest BCUT2D eigenvalue weighted by molar-refractivity contribution is -0.141. The number of hydrogen-bond acceptors (Lipinski definition) is 2. The zero-order chi connectivity index (χ0) is 14.9. The van der Waals surface area contributed by atoms with Gasteiger partial charge in [0, 0.05) is 5.69 Å². The lowest BCUT2D eigenvalue weighted by atomic mass is 10.1. The molecule has 2 N–H and O–H groups in total. The minimum atomic E-state index is -4.65. The molecular weight excluding hydrogens is 271 g/mol. The number of rotatable bonds is 2. The van der Waals surface area contributed by atoms with Crippen molar-refractivity contribution in [1.29, 1.82) is 0 Å². The molecule has 2 rings (SSSR count). The molecule has 0 fully saturated rings. The Bertz CT molecular complexity index is 626. The first kappa shape index (κ1) is 14.1. The molecule has 1 heterocycles. The quantitative estimate of drug-likeness (QED) is 0.888. The van der Waals surface area contributed by atoms with E-state index in [2.05, 4.69) is 10.4 Å². The first-order valence-corrected chi connectivity index (χ1v) is 5.79. The van der Waals surface area contributed by atoms with Gasteiger partial charge in [0.2, 0.25) is 0 Å². The summed E-state index contributed by atoms with van der Waals surface area (Å²) in [5, 5.41) is 7.59. The molecule has 0 atom stereocenters. The number of carbonyl (C=O) groups is 1. The minimum Gasteiger partial charge on any atom is -0.321 e. The zero-order valence-electron chi connectivity index (χ0n) is 10.8. The van der Waals surface area contributed by atoms with Crippen LogP contribution in [0.3, 0.4) is 0 Å². The summed E-state index contributed by atoms with van der Waals surface area (Å²) in [5.41, 5.74) is 0.374. The van der Waals surface area contributed by atoms with E-state index in [1.165, 1.54) is 0 Å². The van der Waals surface area contributed by atoms with Crippen LogP contribution in [0, 0.1) is 13.8 Å². The average molecular weight is 283 g/mol. The van der Waals surface area contributed by atoms with Gasteiger partial charge in [-0.05, 0) is 25.0 Å². The van der Waals surface area contributed by atoms with Gasteiger partial charge in [-0.2, -0.15) is 18.3 Å². The van der Waals surface area contributed by atoms with E-state index in [0.29, 0.717) is 5.69 Å². The summed E-state index contributed by atoms with van der Waals surface area (Å²) in [5.74, 6) is -0.844. The topological polar surface area (TPSA) is 57.8 Å². The molecule has 0 saturated carbocycles. The summed E-state index contributed by atoms with van der Waals surface area (Å²) in [6, 6.07) is 5.34. The summed E-state index contributed by atoms with van der Waals surface area (Å²) in [7, 11) is 0. The molecule has 0 bridgehead atoms. The molecule has 1 aromatic heterocycles. The van der Waals surface area contributed by atoms with Crippen molar-refractivity contribution < 1.29 is 18.0 Å². The maximum absolute atomic E-state index is 12.7. The number of carbonyl (C=O) groups excluding carboxylic acids is 1. The minimum absolute atomic E-state index is 0.506. The molecule has 0 aliphatic rings. The van der Waals surface area contributed by atoms with Gasteiger partial charge in [0.05, 0.1) is 11.8 Å². The number of aryl methyl sites for hydroxylation is 2.